The van der Waals surface area contributed by atoms with Gasteiger partial charge in [-0.15, -0.1) is 11.3 Å². The van der Waals surface area contributed by atoms with Gasteiger partial charge in [0.2, 0.25) is 0 Å². The van der Waals surface area contributed by atoms with Crippen molar-refractivity contribution in [2.24, 2.45) is 0 Å². The molecular weight excluding hydrogens is 943 g/mol. The summed E-state index contributed by atoms with van der Waals surface area (Å²) in [6, 6.07) is 94.8. The molecular formula is C70H43N5S. The molecule has 0 amide bonds. The zero-order valence-electron chi connectivity index (χ0n) is 41.0. The Morgan fingerprint density at radius 2 is 0.789 bits per heavy atom. The molecule has 5 heterocycles. The molecule has 0 radical (unpaired) electrons. The molecule has 6 heteroatoms. The van der Waals surface area contributed by atoms with E-state index in [2.05, 4.69) is 268 Å². The fraction of sp³-hybridized carbons (Fsp3) is 0. The maximum absolute atomic E-state index is 5.55. The van der Waals surface area contributed by atoms with Crippen LogP contribution in [0.25, 0.3) is 148 Å². The second-order valence-corrected chi connectivity index (χ2v) is 20.7. The van der Waals surface area contributed by atoms with E-state index in [1.54, 1.807) is 11.3 Å². The van der Waals surface area contributed by atoms with Crippen molar-refractivity contribution in [3.05, 3.63) is 261 Å². The summed E-state index contributed by atoms with van der Waals surface area (Å²) in [5, 5.41) is 8.39. The van der Waals surface area contributed by atoms with Crippen LogP contribution in [0, 0.1) is 0 Å². The van der Waals surface area contributed by atoms with Crippen molar-refractivity contribution in [3.8, 4) is 62.0 Å². The molecule has 0 saturated heterocycles. The monoisotopic (exact) mass is 985 g/mol. The van der Waals surface area contributed by atoms with Gasteiger partial charge in [0.1, 0.15) is 0 Å². The van der Waals surface area contributed by atoms with Gasteiger partial charge >= 0.3 is 0 Å². The molecule has 0 bridgehead atoms. The molecule has 0 aliphatic heterocycles. The number of benzene rings is 11. The lowest BCUT2D eigenvalue weighted by atomic mass is 9.91. The predicted octanol–water partition coefficient (Wildman–Crippen LogP) is 18.8. The highest BCUT2D eigenvalue weighted by atomic mass is 32.1. The molecule has 5 aromatic heterocycles. The number of aromatic nitrogens is 5. The van der Waals surface area contributed by atoms with Gasteiger partial charge in [0.25, 0.3) is 0 Å². The van der Waals surface area contributed by atoms with Gasteiger partial charge in [-0.05, 0) is 83.9 Å². The van der Waals surface area contributed by atoms with Crippen molar-refractivity contribution in [1.82, 2.24) is 23.7 Å². The molecule has 16 aromatic rings. The van der Waals surface area contributed by atoms with Gasteiger partial charge in [0, 0.05) is 70.3 Å². The van der Waals surface area contributed by atoms with Crippen LogP contribution in [0.5, 0.6) is 0 Å². The van der Waals surface area contributed by atoms with E-state index in [1.165, 1.54) is 53.7 Å². The summed E-state index contributed by atoms with van der Waals surface area (Å²) in [5.41, 5.74) is 18.5. The molecule has 0 aliphatic rings. The first-order valence-electron chi connectivity index (χ1n) is 25.8. The molecule has 0 aliphatic carbocycles. The van der Waals surface area contributed by atoms with Crippen LogP contribution in [0.3, 0.4) is 0 Å². The average molecular weight is 986 g/mol. The van der Waals surface area contributed by atoms with Crippen LogP contribution < -0.4 is 0 Å². The Bertz CT molecular complexity index is 4820. The van der Waals surface area contributed by atoms with E-state index in [0.717, 1.165) is 88.2 Å². The Balaban J connectivity index is 1.06. The lowest BCUT2D eigenvalue weighted by molar-refractivity contribution is 1.16. The molecule has 0 fully saturated rings. The molecule has 354 valence electrons. The van der Waals surface area contributed by atoms with E-state index in [4.69, 9.17) is 9.97 Å². The lowest BCUT2D eigenvalue weighted by Gasteiger charge is -2.21. The Morgan fingerprint density at radius 1 is 0.316 bits per heavy atom. The van der Waals surface area contributed by atoms with Crippen LogP contribution in [0.2, 0.25) is 0 Å². The lowest BCUT2D eigenvalue weighted by Crippen LogP contribution is -2.03. The van der Waals surface area contributed by atoms with Crippen LogP contribution >= 0.6 is 11.3 Å². The molecule has 0 N–H and O–H groups in total. The van der Waals surface area contributed by atoms with E-state index in [0.29, 0.717) is 5.82 Å². The number of rotatable bonds is 7. The minimum atomic E-state index is 0.706. The van der Waals surface area contributed by atoms with E-state index < -0.39 is 0 Å². The Hall–Kier alpha value is -9.88. The first kappa shape index (κ1) is 42.6. The normalized spacial score (nSPS) is 11.9. The van der Waals surface area contributed by atoms with Gasteiger partial charge in [-0.1, -0.05) is 188 Å². The molecule has 0 saturated carbocycles. The minimum Gasteiger partial charge on any atom is -0.309 e. The van der Waals surface area contributed by atoms with Gasteiger partial charge in [-0.2, -0.15) is 0 Å². The van der Waals surface area contributed by atoms with Gasteiger partial charge in [0.15, 0.2) is 5.82 Å². The summed E-state index contributed by atoms with van der Waals surface area (Å²) in [7, 11) is 0. The summed E-state index contributed by atoms with van der Waals surface area (Å²) in [4.78, 5) is 10.9. The van der Waals surface area contributed by atoms with Crippen molar-refractivity contribution in [2.45, 2.75) is 0 Å². The number of para-hydroxylation sites is 4. The third-order valence-electron chi connectivity index (χ3n) is 15.4. The molecule has 0 atom stereocenters. The first-order valence-corrected chi connectivity index (χ1v) is 26.6. The highest BCUT2D eigenvalue weighted by Crippen LogP contribution is 2.48. The van der Waals surface area contributed by atoms with Crippen LogP contribution in [-0.2, 0) is 0 Å². The molecule has 5 nitrogen and oxygen atoms in total. The van der Waals surface area contributed by atoms with Gasteiger partial charge in [0.05, 0.1) is 60.4 Å². The fourth-order valence-electron chi connectivity index (χ4n) is 12.2. The second-order valence-electron chi connectivity index (χ2n) is 19.6. The number of nitrogens with zero attached hydrogens (tertiary/aromatic N) is 5. The number of fused-ring (bicyclic) bond motifs is 12. The molecule has 11 aromatic carbocycles. The summed E-state index contributed by atoms with van der Waals surface area (Å²) in [5.74, 6) is 0.706. The van der Waals surface area contributed by atoms with Crippen molar-refractivity contribution in [3.63, 3.8) is 0 Å². The highest BCUT2D eigenvalue weighted by molar-refractivity contribution is 7.26. The number of thiophene rings is 1. The maximum atomic E-state index is 5.55. The zero-order chi connectivity index (χ0) is 49.8. The van der Waals surface area contributed by atoms with Crippen LogP contribution in [-0.4, -0.2) is 23.7 Å². The topological polar surface area (TPSA) is 40.6 Å². The SMILES string of the molecule is c1ccc(-c2nc(-c3cc(-c4ccccc4)c(-n4c5ccc(-n6c7ccccc7c7ccccc76)cc5c5c(-n6c7ccccc7c7ccccc76)cccc54)c(-c4ccccc4)c3)c3sc4ccccc4c3n2)cc1. The van der Waals surface area contributed by atoms with Crippen molar-refractivity contribution in [1.29, 1.82) is 0 Å². The van der Waals surface area contributed by atoms with Crippen LogP contribution in [0.15, 0.2) is 261 Å². The molecule has 76 heavy (non-hydrogen) atoms. The summed E-state index contributed by atoms with van der Waals surface area (Å²) in [6.07, 6.45) is 0. The minimum absolute atomic E-state index is 0.706. The van der Waals surface area contributed by atoms with Crippen molar-refractivity contribution >= 4 is 97.1 Å². The molecule has 0 spiro atoms. The molecule has 0 unspecified atom stereocenters. The van der Waals surface area contributed by atoms with Crippen LogP contribution in [0.4, 0.5) is 0 Å². The molecule has 16 rings (SSSR count). The maximum Gasteiger partial charge on any atom is 0.160 e. The smallest absolute Gasteiger partial charge is 0.160 e. The standard InChI is InChI=1S/C70H43N5S/c1-4-21-44(22-5-1)54-41-47(66-69-67(53-31-14-19-38-64(53)76-69)72-70(71-66)46-25-8-3-9-26-46)42-55(45-23-6-2-7-24-45)68(54)75-61-40-39-48(73-57-32-15-10-27-49(57)50-28-11-16-33-58(50)73)43-56(61)65-62(36-20-37-63(65)75)74-59-34-17-12-29-51(59)52-30-13-18-35-60(52)74/h1-43H. The summed E-state index contributed by atoms with van der Waals surface area (Å²) < 4.78 is 9.73. The average Bonchev–Trinajstić information content (AvgIpc) is 4.24. The largest absolute Gasteiger partial charge is 0.309 e. The van der Waals surface area contributed by atoms with E-state index in [-0.39, 0.29) is 0 Å². The quantitative estimate of drug-likeness (QED) is 0.160. The third-order valence-corrected chi connectivity index (χ3v) is 16.6. The number of hydrogen-bond acceptors (Lipinski definition) is 3. The van der Waals surface area contributed by atoms with Crippen molar-refractivity contribution in [2.75, 3.05) is 0 Å². The van der Waals surface area contributed by atoms with E-state index in [1.807, 2.05) is 6.07 Å². The Morgan fingerprint density at radius 3 is 1.37 bits per heavy atom. The zero-order valence-corrected chi connectivity index (χ0v) is 41.8. The van der Waals surface area contributed by atoms with Gasteiger partial charge in [-0.25, -0.2) is 9.97 Å². The Labute approximate surface area is 441 Å². The Kier molecular flexibility index (Phi) is 9.44. The van der Waals surface area contributed by atoms with Crippen LogP contribution in [0.1, 0.15) is 0 Å². The van der Waals surface area contributed by atoms with E-state index >= 15 is 0 Å². The highest BCUT2D eigenvalue weighted by Gasteiger charge is 2.27. The predicted molar refractivity (Wildman–Crippen MR) is 320 cm³/mol. The second kappa shape index (κ2) is 16.8. The number of hydrogen-bond donors (Lipinski definition) is 0. The van der Waals surface area contributed by atoms with Gasteiger partial charge in [-0.3, -0.25) is 0 Å². The van der Waals surface area contributed by atoms with Gasteiger partial charge < -0.3 is 13.7 Å². The first-order chi connectivity index (χ1) is 37.7. The fourth-order valence-corrected chi connectivity index (χ4v) is 13.3. The summed E-state index contributed by atoms with van der Waals surface area (Å²) in [6.45, 7) is 0. The summed E-state index contributed by atoms with van der Waals surface area (Å²) >= 11 is 1.76. The third kappa shape index (κ3) is 6.38. The van der Waals surface area contributed by atoms with Crippen molar-refractivity contribution < 1.29 is 0 Å². The van der Waals surface area contributed by atoms with E-state index in [9.17, 15) is 0 Å².